The van der Waals surface area contributed by atoms with E-state index >= 15 is 0 Å². The third kappa shape index (κ3) is 4.50. The van der Waals surface area contributed by atoms with Crippen molar-refractivity contribution in [2.45, 2.75) is 43.6 Å². The van der Waals surface area contributed by atoms with Crippen molar-refractivity contribution in [2.24, 2.45) is 0 Å². The highest BCUT2D eigenvalue weighted by Gasteiger charge is 2.25. The van der Waals surface area contributed by atoms with Crippen LogP contribution in [0.1, 0.15) is 33.1 Å². The van der Waals surface area contributed by atoms with E-state index in [4.69, 9.17) is 10.2 Å². The molecule has 0 aliphatic heterocycles. The van der Waals surface area contributed by atoms with Crippen molar-refractivity contribution in [2.75, 3.05) is 0 Å². The highest BCUT2D eigenvalue weighted by Crippen LogP contribution is 2.24. The van der Waals surface area contributed by atoms with Gasteiger partial charge < -0.3 is 10.2 Å². The Labute approximate surface area is 87.7 Å². The van der Waals surface area contributed by atoms with E-state index in [0.717, 1.165) is 18.2 Å². The summed E-state index contributed by atoms with van der Waals surface area (Å²) in [6, 6.07) is 0. The first-order valence-electron chi connectivity index (χ1n) is 4.63. The molecule has 0 fully saturated rings. The Hall–Kier alpha value is -0.710. The van der Waals surface area contributed by atoms with Gasteiger partial charge in [-0.05, 0) is 12.8 Å². The van der Waals surface area contributed by atoms with Gasteiger partial charge in [0.25, 0.3) is 0 Å². The van der Waals surface area contributed by atoms with Crippen LogP contribution in [0, 0.1) is 0 Å². The average Bonchev–Trinajstić information content (AvgIpc) is 2.11. The first-order valence-corrected chi connectivity index (χ1v) is 5.58. The summed E-state index contributed by atoms with van der Waals surface area (Å²) in [6.45, 7) is 3.63. The van der Waals surface area contributed by atoms with Crippen LogP contribution in [0.25, 0.3) is 0 Å². The van der Waals surface area contributed by atoms with Crippen LogP contribution in [0.3, 0.4) is 0 Å². The Balaban J connectivity index is 4.25. The maximum absolute atomic E-state index is 10.7. The van der Waals surface area contributed by atoms with Gasteiger partial charge in [-0.25, -0.2) is 0 Å². The molecule has 0 radical (unpaired) electrons. The third-order valence-corrected chi connectivity index (χ3v) is 3.43. The predicted octanol–water partition coefficient (Wildman–Crippen LogP) is 1.84. The molecule has 0 aromatic carbocycles. The number of thioether (sulfide) groups is 1. The number of aliphatic carboxylic acids is 2. The first-order chi connectivity index (χ1) is 6.52. The summed E-state index contributed by atoms with van der Waals surface area (Å²) in [6.07, 6.45) is 1.72. The van der Waals surface area contributed by atoms with Gasteiger partial charge in [0.15, 0.2) is 0 Å². The van der Waals surface area contributed by atoms with Crippen LogP contribution in [0.5, 0.6) is 0 Å². The van der Waals surface area contributed by atoms with E-state index in [1.807, 2.05) is 6.92 Å². The van der Waals surface area contributed by atoms with Crippen molar-refractivity contribution < 1.29 is 19.8 Å². The van der Waals surface area contributed by atoms with E-state index < -0.39 is 22.4 Å². The second-order valence-corrected chi connectivity index (χ2v) is 4.40. The average molecular weight is 220 g/mol. The van der Waals surface area contributed by atoms with E-state index in [2.05, 4.69) is 0 Å². The zero-order chi connectivity index (χ0) is 11.1. The van der Waals surface area contributed by atoms with Crippen molar-refractivity contribution >= 4 is 23.7 Å². The van der Waals surface area contributed by atoms with Gasteiger partial charge in [0.1, 0.15) is 10.5 Å². The van der Waals surface area contributed by atoms with E-state index in [1.54, 1.807) is 6.92 Å². The van der Waals surface area contributed by atoms with Crippen LogP contribution in [0.2, 0.25) is 0 Å². The molecule has 2 N–H and O–H groups in total. The molecule has 0 rings (SSSR count). The Bertz CT molecular complexity index is 205. The van der Waals surface area contributed by atoms with E-state index in [9.17, 15) is 9.59 Å². The van der Waals surface area contributed by atoms with Crippen molar-refractivity contribution in [1.29, 1.82) is 0 Å². The quantitative estimate of drug-likeness (QED) is 0.684. The molecule has 2 unspecified atom stereocenters. The molecule has 0 aromatic heterocycles. The normalized spacial score (nSPS) is 14.7. The highest BCUT2D eigenvalue weighted by molar-refractivity contribution is 8.01. The van der Waals surface area contributed by atoms with E-state index in [-0.39, 0.29) is 0 Å². The highest BCUT2D eigenvalue weighted by atomic mass is 32.2. The zero-order valence-corrected chi connectivity index (χ0v) is 9.21. The summed E-state index contributed by atoms with van der Waals surface area (Å²) >= 11 is 1.03. The molecule has 14 heavy (non-hydrogen) atoms. The minimum Gasteiger partial charge on any atom is -0.480 e. The fourth-order valence-corrected chi connectivity index (χ4v) is 2.23. The number of rotatable bonds is 7. The molecular weight excluding hydrogens is 204 g/mol. The van der Waals surface area contributed by atoms with Crippen LogP contribution in [0.15, 0.2) is 0 Å². The molecule has 0 heterocycles. The lowest BCUT2D eigenvalue weighted by Gasteiger charge is -2.15. The SMILES string of the molecule is CCCC(SC(CC)C(=O)O)C(=O)O. The van der Waals surface area contributed by atoms with Crippen LogP contribution in [-0.2, 0) is 9.59 Å². The van der Waals surface area contributed by atoms with Crippen molar-refractivity contribution in [3.8, 4) is 0 Å². The van der Waals surface area contributed by atoms with Crippen LogP contribution in [-0.4, -0.2) is 32.7 Å². The van der Waals surface area contributed by atoms with Gasteiger partial charge in [-0.2, -0.15) is 0 Å². The largest absolute Gasteiger partial charge is 0.480 e. The second-order valence-electron chi connectivity index (χ2n) is 2.99. The van der Waals surface area contributed by atoms with Crippen molar-refractivity contribution in [3.63, 3.8) is 0 Å². The van der Waals surface area contributed by atoms with E-state index in [1.165, 1.54) is 0 Å². The summed E-state index contributed by atoms with van der Waals surface area (Å²) in [5.74, 6) is -1.85. The standard InChI is InChI=1S/C9H16O4S/c1-3-5-7(9(12)13)14-6(4-2)8(10)11/h6-7H,3-5H2,1-2H3,(H,10,11)(H,12,13). The number of carboxylic acid groups (broad SMARTS) is 2. The molecule has 0 bridgehead atoms. The molecule has 0 amide bonds. The molecule has 0 saturated heterocycles. The number of hydrogen-bond acceptors (Lipinski definition) is 3. The third-order valence-electron chi connectivity index (χ3n) is 1.80. The maximum atomic E-state index is 10.7. The molecule has 82 valence electrons. The van der Waals surface area contributed by atoms with E-state index in [0.29, 0.717) is 12.8 Å². The van der Waals surface area contributed by atoms with Crippen LogP contribution < -0.4 is 0 Å². The van der Waals surface area contributed by atoms with Gasteiger partial charge in [-0.1, -0.05) is 20.3 Å². The monoisotopic (exact) mass is 220 g/mol. The summed E-state index contributed by atoms with van der Waals surface area (Å²) in [5, 5.41) is 16.4. The molecular formula is C9H16O4S. The summed E-state index contributed by atoms with van der Waals surface area (Å²) in [5.41, 5.74) is 0. The van der Waals surface area contributed by atoms with Crippen molar-refractivity contribution in [3.05, 3.63) is 0 Å². The smallest absolute Gasteiger partial charge is 0.316 e. The number of carboxylic acids is 2. The van der Waals surface area contributed by atoms with Crippen molar-refractivity contribution in [1.82, 2.24) is 0 Å². The topological polar surface area (TPSA) is 74.6 Å². The molecule has 0 aliphatic rings. The molecule has 2 atom stereocenters. The summed E-state index contributed by atoms with van der Waals surface area (Å²) in [7, 11) is 0. The molecule has 0 aromatic rings. The Kier molecular flexibility index (Phi) is 6.36. The van der Waals surface area contributed by atoms with Gasteiger partial charge in [-0.15, -0.1) is 11.8 Å². The predicted molar refractivity (Wildman–Crippen MR) is 55.6 cm³/mol. The van der Waals surface area contributed by atoms with Crippen LogP contribution >= 0.6 is 11.8 Å². The van der Waals surface area contributed by atoms with Gasteiger partial charge >= 0.3 is 11.9 Å². The number of hydrogen-bond donors (Lipinski definition) is 2. The first kappa shape index (κ1) is 13.3. The summed E-state index contributed by atoms with van der Waals surface area (Å²) in [4.78, 5) is 21.4. The molecule has 0 aliphatic carbocycles. The zero-order valence-electron chi connectivity index (χ0n) is 8.40. The Morgan fingerprint density at radius 1 is 1.14 bits per heavy atom. The fourth-order valence-electron chi connectivity index (χ4n) is 1.04. The lowest BCUT2D eigenvalue weighted by molar-refractivity contribution is -0.136. The lowest BCUT2D eigenvalue weighted by Crippen LogP contribution is -2.24. The Morgan fingerprint density at radius 3 is 1.93 bits per heavy atom. The lowest BCUT2D eigenvalue weighted by atomic mass is 10.2. The van der Waals surface area contributed by atoms with Gasteiger partial charge in [-0.3, -0.25) is 9.59 Å². The molecule has 0 spiro atoms. The van der Waals surface area contributed by atoms with Gasteiger partial charge in [0.05, 0.1) is 0 Å². The minimum atomic E-state index is -0.931. The van der Waals surface area contributed by atoms with Gasteiger partial charge in [0, 0.05) is 0 Å². The van der Waals surface area contributed by atoms with Gasteiger partial charge in [0.2, 0.25) is 0 Å². The van der Waals surface area contributed by atoms with Crippen LogP contribution in [0.4, 0.5) is 0 Å². The molecule has 5 heteroatoms. The Morgan fingerprint density at radius 2 is 1.64 bits per heavy atom. The maximum Gasteiger partial charge on any atom is 0.316 e. The molecule has 4 nitrogen and oxygen atoms in total. The fraction of sp³-hybridized carbons (Fsp3) is 0.778. The molecule has 0 saturated carbocycles. The second kappa shape index (κ2) is 6.70. The summed E-state index contributed by atoms with van der Waals surface area (Å²) < 4.78 is 0. The number of carbonyl (C=O) groups is 2. The minimum absolute atomic E-state index is 0.452.